The quantitative estimate of drug-likeness (QED) is 0.791. The normalized spacial score (nSPS) is 19.8. The van der Waals surface area contributed by atoms with Gasteiger partial charge < -0.3 is 11.1 Å². The number of nitriles is 1. The maximum atomic E-state index is 12.7. The topological polar surface area (TPSA) is 99.2 Å². The molecule has 6 nitrogen and oxygen atoms in total. The van der Waals surface area contributed by atoms with Gasteiger partial charge in [-0.1, -0.05) is 6.42 Å². The molecule has 1 saturated heterocycles. The zero-order chi connectivity index (χ0) is 18.7. The number of nitrogens with two attached hydrogens (primary N) is 1. The molecule has 0 saturated carbocycles. The number of likely N-dealkylation sites (tertiary alicyclic amines) is 1. The monoisotopic (exact) mass is 374 g/mol. The number of primary amides is 1. The van der Waals surface area contributed by atoms with Gasteiger partial charge in [0, 0.05) is 10.8 Å². The molecule has 1 aliphatic carbocycles. The molecule has 3 rings (SSSR count). The lowest BCUT2D eigenvalue weighted by molar-refractivity contribution is -0.124. The number of rotatable bonds is 4. The Hall–Kier alpha value is -1.91. The molecule has 7 heteroatoms. The number of piperidine rings is 1. The minimum Gasteiger partial charge on any atom is -0.369 e. The Morgan fingerprint density at radius 1 is 1.27 bits per heavy atom. The lowest BCUT2D eigenvalue weighted by atomic mass is 9.95. The SMILES string of the molecule is C[C@@H](C(=O)Nc1sc2c(c1C#N)CCCCC2)N1CCC(C(N)=O)CC1. The zero-order valence-corrected chi connectivity index (χ0v) is 16.0. The lowest BCUT2D eigenvalue weighted by Gasteiger charge is -2.34. The summed E-state index contributed by atoms with van der Waals surface area (Å²) in [7, 11) is 0. The van der Waals surface area contributed by atoms with E-state index in [-0.39, 0.29) is 23.8 Å². The van der Waals surface area contributed by atoms with Crippen molar-refractivity contribution in [2.45, 2.75) is 57.9 Å². The maximum Gasteiger partial charge on any atom is 0.242 e. The smallest absolute Gasteiger partial charge is 0.242 e. The molecule has 0 radical (unpaired) electrons. The molecule has 1 aliphatic heterocycles. The Balaban J connectivity index is 1.67. The van der Waals surface area contributed by atoms with Crippen molar-refractivity contribution in [1.29, 1.82) is 5.26 Å². The highest BCUT2D eigenvalue weighted by molar-refractivity contribution is 7.16. The van der Waals surface area contributed by atoms with Crippen LogP contribution < -0.4 is 11.1 Å². The molecule has 0 unspecified atom stereocenters. The summed E-state index contributed by atoms with van der Waals surface area (Å²) >= 11 is 1.56. The van der Waals surface area contributed by atoms with Crippen molar-refractivity contribution in [1.82, 2.24) is 4.90 Å². The Bertz CT molecular complexity index is 729. The van der Waals surface area contributed by atoms with Crippen molar-refractivity contribution in [2.24, 2.45) is 11.7 Å². The highest BCUT2D eigenvalue weighted by Crippen LogP contribution is 2.37. The van der Waals surface area contributed by atoms with Crippen molar-refractivity contribution in [3.63, 3.8) is 0 Å². The van der Waals surface area contributed by atoms with E-state index in [1.807, 2.05) is 6.92 Å². The minimum atomic E-state index is -0.294. The molecule has 0 bridgehead atoms. The first-order valence-corrected chi connectivity index (χ1v) is 10.2. The van der Waals surface area contributed by atoms with Crippen LogP contribution in [0.4, 0.5) is 5.00 Å². The number of aryl methyl sites for hydroxylation is 1. The van der Waals surface area contributed by atoms with Crippen molar-refractivity contribution in [2.75, 3.05) is 18.4 Å². The molecular formula is C19H26N4O2S. The molecule has 0 spiro atoms. The Morgan fingerprint density at radius 2 is 1.96 bits per heavy atom. The maximum absolute atomic E-state index is 12.7. The highest BCUT2D eigenvalue weighted by Gasteiger charge is 2.30. The summed E-state index contributed by atoms with van der Waals surface area (Å²) in [4.78, 5) is 27.4. The van der Waals surface area contributed by atoms with Gasteiger partial charge in [-0.2, -0.15) is 5.26 Å². The van der Waals surface area contributed by atoms with Gasteiger partial charge in [-0.25, -0.2) is 0 Å². The molecule has 1 atom stereocenters. The van der Waals surface area contributed by atoms with Gasteiger partial charge in [0.2, 0.25) is 11.8 Å². The average Bonchev–Trinajstić information content (AvgIpc) is 2.80. The molecule has 2 heterocycles. The van der Waals surface area contributed by atoms with Crippen LogP contribution in [0.1, 0.15) is 55.0 Å². The van der Waals surface area contributed by atoms with E-state index < -0.39 is 0 Å². The number of carbonyl (C=O) groups excluding carboxylic acids is 2. The molecule has 0 aromatic carbocycles. The predicted octanol–water partition coefficient (Wildman–Crippen LogP) is 2.41. The van der Waals surface area contributed by atoms with E-state index in [2.05, 4.69) is 16.3 Å². The molecule has 3 N–H and O–H groups in total. The zero-order valence-electron chi connectivity index (χ0n) is 15.2. The second-order valence-corrected chi connectivity index (χ2v) is 8.36. The second kappa shape index (κ2) is 8.19. The summed E-state index contributed by atoms with van der Waals surface area (Å²) in [6.07, 6.45) is 6.79. The third kappa shape index (κ3) is 3.92. The molecule has 2 amide bonds. The third-order valence-electron chi connectivity index (χ3n) is 5.63. The van der Waals surface area contributed by atoms with Gasteiger partial charge >= 0.3 is 0 Å². The number of nitrogens with zero attached hydrogens (tertiary/aromatic N) is 2. The molecule has 1 fully saturated rings. The van der Waals surface area contributed by atoms with Crippen LogP contribution in [0.25, 0.3) is 0 Å². The third-order valence-corrected chi connectivity index (χ3v) is 6.84. The number of amides is 2. The molecule has 2 aliphatic rings. The number of anilines is 1. The van der Waals surface area contributed by atoms with E-state index >= 15 is 0 Å². The largest absolute Gasteiger partial charge is 0.369 e. The number of thiophene rings is 1. The standard InChI is InChI=1S/C19H26N4O2S/c1-12(23-9-7-13(8-10-23)17(21)24)18(25)22-19-15(11-20)14-5-3-2-4-6-16(14)26-19/h12-13H,2-10H2,1H3,(H2,21,24)(H,22,25)/t12-/m0/s1. The van der Waals surface area contributed by atoms with Crippen LogP contribution in [0.3, 0.4) is 0 Å². The summed E-state index contributed by atoms with van der Waals surface area (Å²) in [6.45, 7) is 3.26. The predicted molar refractivity (Wildman–Crippen MR) is 102 cm³/mol. The van der Waals surface area contributed by atoms with Gasteiger partial charge in [0.05, 0.1) is 11.6 Å². The fourth-order valence-corrected chi connectivity index (χ4v) is 5.15. The molecule has 26 heavy (non-hydrogen) atoms. The molecule has 1 aromatic heterocycles. The highest BCUT2D eigenvalue weighted by atomic mass is 32.1. The second-order valence-electron chi connectivity index (χ2n) is 7.26. The molecule has 1 aromatic rings. The minimum absolute atomic E-state index is 0.0836. The van der Waals surface area contributed by atoms with E-state index in [4.69, 9.17) is 5.73 Å². The molecule has 140 valence electrons. The molecular weight excluding hydrogens is 348 g/mol. The Labute approximate surface area is 158 Å². The summed E-state index contributed by atoms with van der Waals surface area (Å²) in [5.41, 5.74) is 7.17. The van der Waals surface area contributed by atoms with Crippen LogP contribution in [-0.2, 0) is 22.4 Å². The van der Waals surface area contributed by atoms with E-state index in [1.54, 1.807) is 11.3 Å². The lowest BCUT2D eigenvalue weighted by Crippen LogP contribution is -2.47. The fourth-order valence-electron chi connectivity index (χ4n) is 3.90. The summed E-state index contributed by atoms with van der Waals surface area (Å²) in [6, 6.07) is 2.01. The van der Waals surface area contributed by atoms with E-state index in [0.717, 1.165) is 31.2 Å². The first-order valence-electron chi connectivity index (χ1n) is 9.40. The number of fused-ring (bicyclic) bond motifs is 1. The van der Waals surface area contributed by atoms with Crippen LogP contribution >= 0.6 is 11.3 Å². The van der Waals surface area contributed by atoms with Gasteiger partial charge in [-0.15, -0.1) is 11.3 Å². The summed E-state index contributed by atoms with van der Waals surface area (Å²) < 4.78 is 0. The van der Waals surface area contributed by atoms with Crippen LogP contribution in [0.15, 0.2) is 0 Å². The van der Waals surface area contributed by atoms with Gasteiger partial charge in [-0.05, 0) is 64.1 Å². The number of hydrogen-bond donors (Lipinski definition) is 2. The first kappa shape index (κ1) is 18.9. The number of carbonyl (C=O) groups is 2. The van der Waals surface area contributed by atoms with Gasteiger partial charge in [0.25, 0.3) is 0 Å². The van der Waals surface area contributed by atoms with Crippen LogP contribution in [0.2, 0.25) is 0 Å². The Kier molecular flexibility index (Phi) is 5.94. The van der Waals surface area contributed by atoms with Gasteiger partial charge in [0.1, 0.15) is 11.1 Å². The van der Waals surface area contributed by atoms with E-state index in [0.29, 0.717) is 36.5 Å². The first-order chi connectivity index (χ1) is 12.5. The Morgan fingerprint density at radius 3 is 2.62 bits per heavy atom. The number of nitrogens with one attached hydrogen (secondary N) is 1. The van der Waals surface area contributed by atoms with Crippen LogP contribution in [0.5, 0.6) is 0 Å². The van der Waals surface area contributed by atoms with Gasteiger partial charge in [0.15, 0.2) is 0 Å². The van der Waals surface area contributed by atoms with Crippen LogP contribution in [0, 0.1) is 17.2 Å². The summed E-state index contributed by atoms with van der Waals surface area (Å²) in [5.74, 6) is -0.421. The summed E-state index contributed by atoms with van der Waals surface area (Å²) in [5, 5.41) is 13.3. The van der Waals surface area contributed by atoms with Crippen molar-refractivity contribution < 1.29 is 9.59 Å². The van der Waals surface area contributed by atoms with E-state index in [9.17, 15) is 14.9 Å². The average molecular weight is 375 g/mol. The van der Waals surface area contributed by atoms with Crippen molar-refractivity contribution in [3.8, 4) is 6.07 Å². The number of hydrogen-bond acceptors (Lipinski definition) is 5. The van der Waals surface area contributed by atoms with Gasteiger partial charge in [-0.3, -0.25) is 14.5 Å². The van der Waals surface area contributed by atoms with Crippen molar-refractivity contribution >= 4 is 28.2 Å². The van der Waals surface area contributed by atoms with Crippen molar-refractivity contribution in [3.05, 3.63) is 16.0 Å². The van der Waals surface area contributed by atoms with Crippen LogP contribution in [-0.4, -0.2) is 35.8 Å². The fraction of sp³-hybridized carbons (Fsp3) is 0.632. The van der Waals surface area contributed by atoms with E-state index in [1.165, 1.54) is 11.3 Å².